The van der Waals surface area contributed by atoms with Crippen LogP contribution >= 0.6 is 11.8 Å². The molecule has 0 saturated heterocycles. The zero-order valence-corrected chi connectivity index (χ0v) is 23.0. The first-order chi connectivity index (χ1) is 18.3. The lowest BCUT2D eigenvalue weighted by atomic mass is 9.92. The molecule has 2 aliphatic heterocycles. The van der Waals surface area contributed by atoms with E-state index in [0.717, 1.165) is 11.4 Å². The first-order valence-corrected chi connectivity index (χ1v) is 13.2. The Morgan fingerprint density at radius 1 is 1.16 bits per heavy atom. The molecule has 0 radical (unpaired) electrons. The van der Waals surface area contributed by atoms with Gasteiger partial charge in [-0.05, 0) is 56.5 Å². The van der Waals surface area contributed by atoms with Crippen molar-refractivity contribution in [3.8, 4) is 11.5 Å². The number of pyridine rings is 1. The van der Waals surface area contributed by atoms with Crippen molar-refractivity contribution in [3.63, 3.8) is 0 Å². The molecule has 1 aromatic carbocycles. The number of carbonyl (C=O) groups is 2. The molecular formula is C28H32N4O5S. The molecule has 0 aliphatic carbocycles. The summed E-state index contributed by atoms with van der Waals surface area (Å²) >= 11 is 1.42. The Kier molecular flexibility index (Phi) is 8.73. The quantitative estimate of drug-likeness (QED) is 0.447. The molecule has 38 heavy (non-hydrogen) atoms. The average Bonchev–Trinajstić information content (AvgIpc) is 3.29. The van der Waals surface area contributed by atoms with Crippen molar-refractivity contribution < 1.29 is 23.8 Å². The third kappa shape index (κ3) is 6.02. The van der Waals surface area contributed by atoms with E-state index in [-0.39, 0.29) is 18.4 Å². The Morgan fingerprint density at radius 2 is 1.97 bits per heavy atom. The molecule has 2 aliphatic rings. The maximum absolute atomic E-state index is 13.4. The summed E-state index contributed by atoms with van der Waals surface area (Å²) in [7, 11) is 3.16. The maximum atomic E-state index is 13.4. The minimum atomic E-state index is -0.624. The van der Waals surface area contributed by atoms with E-state index >= 15 is 0 Å². The summed E-state index contributed by atoms with van der Waals surface area (Å²) in [5, 5.41) is 5.55. The first-order valence-electron chi connectivity index (χ1n) is 12.4. The number of hydrogen-bond acceptors (Lipinski definition) is 9. The van der Waals surface area contributed by atoms with Gasteiger partial charge in [0.2, 0.25) is 5.91 Å². The van der Waals surface area contributed by atoms with E-state index in [1.165, 1.54) is 11.8 Å². The van der Waals surface area contributed by atoms with Crippen LogP contribution in [0.5, 0.6) is 11.5 Å². The summed E-state index contributed by atoms with van der Waals surface area (Å²) in [5.74, 6) is 0.591. The second kappa shape index (κ2) is 12.2. The lowest BCUT2D eigenvalue weighted by Gasteiger charge is -2.37. The van der Waals surface area contributed by atoms with Crippen LogP contribution in [-0.4, -0.2) is 53.8 Å². The van der Waals surface area contributed by atoms with Crippen molar-refractivity contribution in [3.05, 3.63) is 76.2 Å². The van der Waals surface area contributed by atoms with Crippen molar-refractivity contribution >= 4 is 28.8 Å². The summed E-state index contributed by atoms with van der Waals surface area (Å²) in [5.41, 5.74) is 3.28. The molecule has 0 bridgehead atoms. The number of ether oxygens (including phenoxy) is 3. The molecule has 0 fully saturated rings. The number of carbonyl (C=O) groups excluding carboxylic acids is 2. The van der Waals surface area contributed by atoms with E-state index in [9.17, 15) is 9.59 Å². The minimum absolute atomic E-state index is 0.114. The number of benzene rings is 1. The molecular weight excluding hydrogens is 504 g/mol. The number of thioether (sulfide) groups is 1. The molecule has 2 aromatic rings. The first kappa shape index (κ1) is 27.3. The van der Waals surface area contributed by atoms with Gasteiger partial charge < -0.3 is 24.4 Å². The highest BCUT2D eigenvalue weighted by Gasteiger charge is 2.42. The molecule has 4 rings (SSSR count). The summed E-state index contributed by atoms with van der Waals surface area (Å²) < 4.78 is 16.8. The van der Waals surface area contributed by atoms with Gasteiger partial charge in [-0.25, -0.2) is 9.79 Å². The lowest BCUT2D eigenvalue weighted by Crippen LogP contribution is -2.38. The highest BCUT2D eigenvalue weighted by molar-refractivity contribution is 8.16. The predicted molar refractivity (Wildman–Crippen MR) is 147 cm³/mol. The highest BCUT2D eigenvalue weighted by atomic mass is 32.2. The fraction of sp³-hybridized carbons (Fsp3) is 0.357. The number of aliphatic imine (C=N–C) groups is 1. The number of fused-ring (bicyclic) bond motifs is 1. The van der Waals surface area contributed by atoms with Gasteiger partial charge in [-0.3, -0.25) is 9.78 Å². The molecule has 1 N–H and O–H groups in total. The van der Waals surface area contributed by atoms with Crippen LogP contribution in [0, 0.1) is 0 Å². The number of allylic oxidation sites excluding steroid dienone is 1. The SMILES string of the molecule is COc1ccc(OC)c([C@H]2C(C(=O)OC(C)C)=C(C)N=C3SC=C(CC(=O)NCCc4ccccn4)N32)c1. The second-order valence-corrected chi connectivity index (χ2v) is 9.89. The molecule has 1 amide bonds. The zero-order valence-electron chi connectivity index (χ0n) is 22.2. The molecule has 0 unspecified atom stereocenters. The summed E-state index contributed by atoms with van der Waals surface area (Å²) in [6.07, 6.45) is 2.17. The van der Waals surface area contributed by atoms with Crippen LogP contribution in [0.3, 0.4) is 0 Å². The number of amides is 1. The predicted octanol–water partition coefficient (Wildman–Crippen LogP) is 4.37. The zero-order chi connectivity index (χ0) is 27.2. The van der Waals surface area contributed by atoms with Gasteiger partial charge in [-0.1, -0.05) is 17.8 Å². The second-order valence-electron chi connectivity index (χ2n) is 9.05. The van der Waals surface area contributed by atoms with Gasteiger partial charge in [0, 0.05) is 36.1 Å². The number of hydrogen-bond donors (Lipinski definition) is 1. The average molecular weight is 537 g/mol. The molecule has 0 saturated carbocycles. The van der Waals surface area contributed by atoms with Gasteiger partial charge in [0.05, 0.1) is 44.1 Å². The van der Waals surface area contributed by atoms with Crippen molar-refractivity contribution in [1.29, 1.82) is 0 Å². The third-order valence-corrected chi connectivity index (χ3v) is 6.95. The van der Waals surface area contributed by atoms with Crippen LogP contribution < -0.4 is 14.8 Å². The van der Waals surface area contributed by atoms with Crippen LogP contribution in [0.25, 0.3) is 0 Å². The molecule has 9 nitrogen and oxygen atoms in total. The largest absolute Gasteiger partial charge is 0.497 e. The monoisotopic (exact) mass is 536 g/mol. The van der Waals surface area contributed by atoms with E-state index in [4.69, 9.17) is 19.2 Å². The minimum Gasteiger partial charge on any atom is -0.497 e. The summed E-state index contributed by atoms with van der Waals surface area (Å²) in [4.78, 5) is 37.3. The Hall–Kier alpha value is -3.79. The van der Waals surface area contributed by atoms with Gasteiger partial charge in [0.1, 0.15) is 11.5 Å². The highest BCUT2D eigenvalue weighted by Crippen LogP contribution is 2.47. The van der Waals surface area contributed by atoms with E-state index in [0.29, 0.717) is 46.5 Å². The number of nitrogens with one attached hydrogen (secondary N) is 1. The lowest BCUT2D eigenvalue weighted by molar-refractivity contribution is -0.143. The van der Waals surface area contributed by atoms with E-state index in [1.807, 2.05) is 34.6 Å². The van der Waals surface area contributed by atoms with Crippen molar-refractivity contribution in [2.24, 2.45) is 4.99 Å². The van der Waals surface area contributed by atoms with Gasteiger partial charge in [-0.2, -0.15) is 0 Å². The van der Waals surface area contributed by atoms with E-state index < -0.39 is 12.0 Å². The molecule has 10 heteroatoms. The van der Waals surface area contributed by atoms with E-state index in [2.05, 4.69) is 10.3 Å². The van der Waals surface area contributed by atoms with Crippen LogP contribution in [0.15, 0.2) is 70.0 Å². The number of aromatic nitrogens is 1. The molecule has 1 atom stereocenters. The molecule has 1 aromatic heterocycles. The third-order valence-electron chi connectivity index (χ3n) is 6.07. The van der Waals surface area contributed by atoms with Crippen LogP contribution in [0.4, 0.5) is 0 Å². The number of methoxy groups -OCH3 is 2. The summed E-state index contributed by atoms with van der Waals surface area (Å²) in [6, 6.07) is 10.5. The topological polar surface area (TPSA) is 102 Å². The summed E-state index contributed by atoms with van der Waals surface area (Å²) in [6.45, 7) is 5.87. The fourth-order valence-corrected chi connectivity index (χ4v) is 5.32. The number of amidine groups is 1. The maximum Gasteiger partial charge on any atom is 0.338 e. The molecule has 3 heterocycles. The Balaban J connectivity index is 1.64. The number of nitrogens with zero attached hydrogens (tertiary/aromatic N) is 3. The number of rotatable bonds is 10. The van der Waals surface area contributed by atoms with Gasteiger partial charge in [0.15, 0.2) is 5.17 Å². The Morgan fingerprint density at radius 3 is 2.66 bits per heavy atom. The van der Waals surface area contributed by atoms with Crippen molar-refractivity contribution in [1.82, 2.24) is 15.2 Å². The van der Waals surface area contributed by atoms with Gasteiger partial charge in [0.25, 0.3) is 0 Å². The fourth-order valence-electron chi connectivity index (χ4n) is 4.36. The van der Waals surface area contributed by atoms with Crippen LogP contribution in [0.1, 0.15) is 44.5 Å². The standard InChI is InChI=1S/C28H32N4O5S/c1-17(2)37-27(34)25-18(3)31-28-32(26(25)22-15-21(35-4)9-10-23(22)36-5)20(16-38-28)14-24(33)30-13-11-19-8-6-7-12-29-19/h6-10,12,15-17,26H,11,13-14H2,1-5H3,(H,30,33)/t26-/m0/s1. The molecule has 200 valence electrons. The van der Waals surface area contributed by atoms with Gasteiger partial charge in [-0.15, -0.1) is 0 Å². The Bertz CT molecular complexity index is 1290. The molecule has 0 spiro atoms. The van der Waals surface area contributed by atoms with Crippen molar-refractivity contribution in [2.75, 3.05) is 20.8 Å². The smallest absolute Gasteiger partial charge is 0.338 e. The normalized spacial score (nSPS) is 16.6. The van der Waals surface area contributed by atoms with Crippen LogP contribution in [-0.2, 0) is 20.7 Å². The van der Waals surface area contributed by atoms with Crippen molar-refractivity contribution in [2.45, 2.75) is 45.8 Å². The van der Waals surface area contributed by atoms with Gasteiger partial charge >= 0.3 is 5.97 Å². The number of esters is 1. The van der Waals surface area contributed by atoms with Crippen LogP contribution in [0.2, 0.25) is 0 Å². The van der Waals surface area contributed by atoms with E-state index in [1.54, 1.807) is 53.3 Å². The Labute approximate surface area is 227 Å².